The predicted octanol–water partition coefficient (Wildman–Crippen LogP) is -2.08. The molecule has 8 heteroatoms. The molecule has 19 heavy (non-hydrogen) atoms. The van der Waals surface area contributed by atoms with Gasteiger partial charge in [0, 0.05) is 5.56 Å². The minimum Gasteiger partial charge on any atom is -0.545 e. The first-order valence-electron chi connectivity index (χ1n) is 4.87. The number of sulfonamides is 1. The Kier molecular flexibility index (Phi) is 6.18. The third kappa shape index (κ3) is 4.12. The number of thiophene rings is 1. The zero-order valence-electron chi connectivity index (χ0n) is 9.99. The molecule has 0 aliphatic heterocycles. The van der Waals surface area contributed by atoms with Crippen molar-refractivity contribution in [2.45, 2.75) is 4.21 Å². The smallest absolute Gasteiger partial charge is 0.545 e. The maximum Gasteiger partial charge on any atom is 1.00 e. The van der Waals surface area contributed by atoms with Gasteiger partial charge in [-0.3, -0.25) is 4.72 Å². The summed E-state index contributed by atoms with van der Waals surface area (Å²) in [5.74, 6) is -1.43. The molecule has 1 aromatic heterocycles. The topological polar surface area (TPSA) is 86.3 Å². The van der Waals surface area contributed by atoms with E-state index in [2.05, 4.69) is 4.72 Å². The molecule has 0 saturated carbocycles. The number of carbonyl (C=O) groups excluding carboxylic acids is 1. The Morgan fingerprint density at radius 1 is 1.16 bits per heavy atom. The van der Waals surface area contributed by atoms with Gasteiger partial charge < -0.3 is 9.90 Å². The van der Waals surface area contributed by atoms with Gasteiger partial charge in [0.1, 0.15) is 4.21 Å². The number of benzene rings is 1. The van der Waals surface area contributed by atoms with Crippen molar-refractivity contribution in [1.29, 1.82) is 0 Å². The van der Waals surface area contributed by atoms with Crippen molar-refractivity contribution in [2.24, 2.45) is 0 Å². The standard InChI is InChI=1S/C11H9NO4S2.K/c13-11(14)8-4-1-2-5-9(8)12-18(15,16)10-6-3-7-17-10;/h1-7,12H,(H,13,14);/q;+1/p-1. The fourth-order valence-electron chi connectivity index (χ4n) is 1.36. The fraction of sp³-hybridized carbons (Fsp3) is 0. The van der Waals surface area contributed by atoms with Crippen LogP contribution in [0.4, 0.5) is 5.69 Å². The van der Waals surface area contributed by atoms with E-state index < -0.39 is 16.0 Å². The number of rotatable bonds is 4. The van der Waals surface area contributed by atoms with Gasteiger partial charge in [-0.1, -0.05) is 24.3 Å². The summed E-state index contributed by atoms with van der Waals surface area (Å²) in [6, 6.07) is 8.73. The molecular formula is C11H8KNO4S2. The number of anilines is 1. The number of hydrogen-bond acceptors (Lipinski definition) is 5. The predicted molar refractivity (Wildman–Crippen MR) is 65.9 cm³/mol. The van der Waals surface area contributed by atoms with E-state index in [1.54, 1.807) is 17.5 Å². The van der Waals surface area contributed by atoms with Gasteiger partial charge in [0.25, 0.3) is 10.0 Å². The van der Waals surface area contributed by atoms with Gasteiger partial charge in [0.05, 0.1) is 11.7 Å². The van der Waals surface area contributed by atoms with Gasteiger partial charge in [-0.2, -0.15) is 0 Å². The van der Waals surface area contributed by atoms with E-state index >= 15 is 0 Å². The summed E-state index contributed by atoms with van der Waals surface area (Å²) in [5.41, 5.74) is -0.205. The van der Waals surface area contributed by atoms with Crippen LogP contribution < -0.4 is 61.2 Å². The van der Waals surface area contributed by atoms with Crippen molar-refractivity contribution >= 4 is 33.0 Å². The first-order chi connectivity index (χ1) is 8.50. The SMILES string of the molecule is O=C([O-])c1ccccc1NS(=O)(=O)c1cccs1.[K+]. The van der Waals surface area contributed by atoms with Crippen LogP contribution in [-0.4, -0.2) is 14.4 Å². The summed E-state index contributed by atoms with van der Waals surface area (Å²) >= 11 is 1.05. The van der Waals surface area contributed by atoms with E-state index in [-0.39, 0.29) is 66.8 Å². The molecule has 2 aromatic rings. The first kappa shape index (κ1) is 16.8. The van der Waals surface area contributed by atoms with E-state index in [1.165, 1.54) is 24.3 Å². The summed E-state index contributed by atoms with van der Waals surface area (Å²) in [6.45, 7) is 0. The Hall–Kier alpha value is -0.224. The minimum atomic E-state index is -3.75. The van der Waals surface area contributed by atoms with E-state index in [9.17, 15) is 18.3 Å². The summed E-state index contributed by atoms with van der Waals surface area (Å²) < 4.78 is 26.2. The number of para-hydroxylation sites is 1. The van der Waals surface area contributed by atoms with Crippen molar-refractivity contribution in [1.82, 2.24) is 0 Å². The average molecular weight is 321 g/mol. The number of carbonyl (C=O) groups is 1. The average Bonchev–Trinajstić information content (AvgIpc) is 2.83. The molecular weight excluding hydrogens is 313 g/mol. The molecule has 2 rings (SSSR count). The number of carboxylic acids is 1. The van der Waals surface area contributed by atoms with Crippen molar-refractivity contribution in [3.8, 4) is 0 Å². The van der Waals surface area contributed by atoms with Crippen LogP contribution >= 0.6 is 11.3 Å². The Morgan fingerprint density at radius 2 is 1.84 bits per heavy atom. The van der Waals surface area contributed by atoms with E-state index in [4.69, 9.17) is 0 Å². The fourth-order valence-corrected chi connectivity index (χ4v) is 3.43. The Morgan fingerprint density at radius 3 is 2.42 bits per heavy atom. The number of hydrogen-bond donors (Lipinski definition) is 1. The van der Waals surface area contributed by atoms with Crippen molar-refractivity contribution in [3.63, 3.8) is 0 Å². The molecule has 0 atom stereocenters. The van der Waals surface area contributed by atoms with Gasteiger partial charge in [-0.25, -0.2) is 8.42 Å². The van der Waals surface area contributed by atoms with Crippen LogP contribution in [0.1, 0.15) is 10.4 Å². The van der Waals surface area contributed by atoms with Crippen LogP contribution in [0.5, 0.6) is 0 Å². The number of nitrogens with one attached hydrogen (secondary N) is 1. The van der Waals surface area contributed by atoms with E-state index in [1.807, 2.05) is 0 Å². The summed E-state index contributed by atoms with van der Waals surface area (Å²) in [6.07, 6.45) is 0. The normalized spacial score (nSPS) is 10.5. The quantitative estimate of drug-likeness (QED) is 0.655. The maximum atomic E-state index is 11.9. The molecule has 1 aromatic carbocycles. The largest absolute Gasteiger partial charge is 1.00 e. The van der Waals surface area contributed by atoms with Crippen LogP contribution in [0.15, 0.2) is 46.0 Å². The summed E-state index contributed by atoms with van der Waals surface area (Å²) in [4.78, 5) is 10.9. The molecule has 1 N–H and O–H groups in total. The molecule has 0 aliphatic carbocycles. The van der Waals surface area contributed by atoms with Gasteiger partial charge in [0.15, 0.2) is 0 Å². The first-order valence-corrected chi connectivity index (χ1v) is 7.24. The Balaban J connectivity index is 0.00000180. The molecule has 0 unspecified atom stereocenters. The third-order valence-electron chi connectivity index (χ3n) is 2.15. The van der Waals surface area contributed by atoms with Crippen LogP contribution in [0, 0.1) is 0 Å². The van der Waals surface area contributed by atoms with Gasteiger partial charge in [-0.15, -0.1) is 11.3 Å². The molecule has 0 saturated heterocycles. The zero-order chi connectivity index (χ0) is 13.2. The Labute approximate surface area is 157 Å². The second-order valence-corrected chi connectivity index (χ2v) is 6.23. The van der Waals surface area contributed by atoms with E-state index in [0.717, 1.165) is 11.3 Å². The summed E-state index contributed by atoms with van der Waals surface area (Å²) in [5, 5.41) is 12.5. The van der Waals surface area contributed by atoms with Gasteiger partial charge in [-0.05, 0) is 17.5 Å². The number of carboxylic acid groups (broad SMARTS) is 1. The van der Waals surface area contributed by atoms with Crippen LogP contribution in [0.2, 0.25) is 0 Å². The van der Waals surface area contributed by atoms with Crippen molar-refractivity contribution in [3.05, 3.63) is 47.3 Å². The van der Waals surface area contributed by atoms with Crippen LogP contribution in [0.3, 0.4) is 0 Å². The molecule has 0 fully saturated rings. The Bertz CT molecular complexity index is 668. The van der Waals surface area contributed by atoms with Crippen LogP contribution in [0.25, 0.3) is 0 Å². The minimum absolute atomic E-state index is 0. The molecule has 1 heterocycles. The maximum absolute atomic E-state index is 11.9. The number of aromatic carboxylic acids is 1. The second kappa shape index (κ2) is 6.98. The zero-order valence-corrected chi connectivity index (χ0v) is 14.7. The third-order valence-corrected chi connectivity index (χ3v) is 4.91. The van der Waals surface area contributed by atoms with Crippen molar-refractivity contribution in [2.75, 3.05) is 4.72 Å². The summed E-state index contributed by atoms with van der Waals surface area (Å²) in [7, 11) is -3.75. The van der Waals surface area contributed by atoms with Gasteiger partial charge >= 0.3 is 51.4 Å². The van der Waals surface area contributed by atoms with E-state index in [0.29, 0.717) is 0 Å². The van der Waals surface area contributed by atoms with Crippen LogP contribution in [-0.2, 0) is 10.0 Å². The van der Waals surface area contributed by atoms with Crippen molar-refractivity contribution < 1.29 is 69.7 Å². The molecule has 5 nitrogen and oxygen atoms in total. The molecule has 0 bridgehead atoms. The molecule has 94 valence electrons. The molecule has 0 spiro atoms. The molecule has 0 aliphatic rings. The molecule has 0 radical (unpaired) electrons. The van der Waals surface area contributed by atoms with Gasteiger partial charge in [0.2, 0.25) is 0 Å². The molecule has 0 amide bonds. The monoisotopic (exact) mass is 321 g/mol. The second-order valence-electron chi connectivity index (χ2n) is 3.37.